The van der Waals surface area contributed by atoms with E-state index >= 15 is 0 Å². The molecule has 6 nitrogen and oxygen atoms in total. The van der Waals surface area contributed by atoms with Gasteiger partial charge in [0.2, 0.25) is 5.88 Å². The Labute approximate surface area is 104 Å². The first-order valence-corrected chi connectivity index (χ1v) is 5.94. The fourth-order valence-corrected chi connectivity index (χ4v) is 2.14. The third kappa shape index (κ3) is 1.95. The van der Waals surface area contributed by atoms with Crippen LogP contribution >= 0.6 is 0 Å². The molecule has 18 heavy (non-hydrogen) atoms. The van der Waals surface area contributed by atoms with E-state index < -0.39 is 0 Å². The number of hydrogen-bond acceptors (Lipinski definition) is 6. The van der Waals surface area contributed by atoms with Gasteiger partial charge in [0.25, 0.3) is 0 Å². The van der Waals surface area contributed by atoms with Crippen LogP contribution in [0.1, 0.15) is 24.6 Å². The zero-order valence-electron chi connectivity index (χ0n) is 10.1. The van der Waals surface area contributed by atoms with E-state index in [4.69, 9.17) is 9.26 Å². The largest absolute Gasteiger partial charge is 0.479 e. The number of ether oxygens (including phenoxy) is 1. The first-order valence-electron chi connectivity index (χ1n) is 5.94. The second-order valence-corrected chi connectivity index (χ2v) is 4.18. The summed E-state index contributed by atoms with van der Waals surface area (Å²) < 4.78 is 10.5. The molecule has 0 amide bonds. The molecule has 1 unspecified atom stereocenters. The first-order chi connectivity index (χ1) is 8.88. The molecule has 6 heteroatoms. The van der Waals surface area contributed by atoms with Crippen LogP contribution in [0.3, 0.4) is 0 Å². The van der Waals surface area contributed by atoms with E-state index in [1.807, 2.05) is 6.07 Å². The van der Waals surface area contributed by atoms with Crippen LogP contribution in [0.5, 0.6) is 5.88 Å². The Bertz CT molecular complexity index is 534. The van der Waals surface area contributed by atoms with Crippen molar-refractivity contribution in [1.29, 1.82) is 0 Å². The minimum Gasteiger partial charge on any atom is -0.479 e. The average Bonchev–Trinajstić information content (AvgIpc) is 3.09. The minimum atomic E-state index is 0.258. The maximum atomic E-state index is 5.37. The summed E-state index contributed by atoms with van der Waals surface area (Å²) in [5, 5.41) is 7.41. The van der Waals surface area contributed by atoms with Gasteiger partial charge >= 0.3 is 0 Å². The molecule has 0 aliphatic carbocycles. The molecule has 0 aromatic carbocycles. The fourth-order valence-electron chi connectivity index (χ4n) is 2.14. The number of rotatable bonds is 3. The molecule has 1 atom stereocenters. The summed E-state index contributed by atoms with van der Waals surface area (Å²) in [6, 6.07) is 2.16. The van der Waals surface area contributed by atoms with Crippen molar-refractivity contribution in [2.75, 3.05) is 13.7 Å². The third-order valence-corrected chi connectivity index (χ3v) is 3.03. The van der Waals surface area contributed by atoms with Gasteiger partial charge in [0.15, 0.2) is 11.5 Å². The molecule has 94 valence electrons. The van der Waals surface area contributed by atoms with Crippen molar-refractivity contribution in [3.63, 3.8) is 0 Å². The molecule has 0 radical (unpaired) electrons. The van der Waals surface area contributed by atoms with Crippen LogP contribution < -0.4 is 10.1 Å². The van der Waals surface area contributed by atoms with Crippen LogP contribution in [0.15, 0.2) is 23.0 Å². The molecule has 1 aliphatic rings. The van der Waals surface area contributed by atoms with Gasteiger partial charge in [-0.05, 0) is 19.4 Å². The molecule has 2 aromatic heterocycles. The second kappa shape index (κ2) is 4.73. The molecule has 0 spiro atoms. The van der Waals surface area contributed by atoms with E-state index in [0.717, 1.165) is 25.1 Å². The van der Waals surface area contributed by atoms with E-state index in [-0.39, 0.29) is 6.04 Å². The number of aromatic nitrogens is 3. The molecule has 2 aromatic rings. The zero-order chi connectivity index (χ0) is 12.4. The Morgan fingerprint density at radius 3 is 3.06 bits per heavy atom. The molecular weight excluding hydrogens is 232 g/mol. The normalized spacial score (nSPS) is 19.1. The topological polar surface area (TPSA) is 73.1 Å². The van der Waals surface area contributed by atoms with E-state index in [2.05, 4.69) is 20.4 Å². The van der Waals surface area contributed by atoms with Crippen LogP contribution in [-0.4, -0.2) is 28.8 Å². The Kier molecular flexibility index (Phi) is 2.93. The summed E-state index contributed by atoms with van der Waals surface area (Å²) >= 11 is 0. The van der Waals surface area contributed by atoms with E-state index in [1.54, 1.807) is 19.5 Å². The lowest BCUT2D eigenvalue weighted by molar-refractivity contribution is 0.352. The molecule has 1 fully saturated rings. The van der Waals surface area contributed by atoms with Crippen molar-refractivity contribution in [3.8, 4) is 17.3 Å². The maximum absolute atomic E-state index is 5.37. The summed E-state index contributed by atoms with van der Waals surface area (Å²) in [6.45, 7) is 1.02. The summed E-state index contributed by atoms with van der Waals surface area (Å²) in [7, 11) is 1.56. The van der Waals surface area contributed by atoms with Gasteiger partial charge in [0.1, 0.15) is 5.69 Å². The van der Waals surface area contributed by atoms with Crippen molar-refractivity contribution in [3.05, 3.63) is 24.2 Å². The van der Waals surface area contributed by atoms with Gasteiger partial charge in [-0.15, -0.1) is 0 Å². The van der Waals surface area contributed by atoms with Gasteiger partial charge in [0, 0.05) is 18.5 Å². The number of nitrogens with zero attached hydrogens (tertiary/aromatic N) is 3. The highest BCUT2D eigenvalue weighted by molar-refractivity contribution is 5.59. The summed E-state index contributed by atoms with van der Waals surface area (Å²) in [6.07, 6.45) is 5.43. The van der Waals surface area contributed by atoms with E-state index in [9.17, 15) is 0 Å². The quantitative estimate of drug-likeness (QED) is 0.886. The monoisotopic (exact) mass is 246 g/mol. The van der Waals surface area contributed by atoms with Gasteiger partial charge in [-0.1, -0.05) is 5.16 Å². The van der Waals surface area contributed by atoms with E-state index in [0.29, 0.717) is 17.3 Å². The lowest BCUT2D eigenvalue weighted by atomic mass is 10.1. The Morgan fingerprint density at radius 2 is 2.28 bits per heavy atom. The average molecular weight is 246 g/mol. The highest BCUT2D eigenvalue weighted by Gasteiger charge is 2.22. The molecule has 1 N–H and O–H groups in total. The fraction of sp³-hybridized carbons (Fsp3) is 0.417. The Morgan fingerprint density at radius 1 is 1.39 bits per heavy atom. The van der Waals surface area contributed by atoms with Crippen molar-refractivity contribution in [1.82, 2.24) is 20.4 Å². The maximum Gasteiger partial charge on any atom is 0.242 e. The number of methoxy groups -OCH3 is 1. The third-order valence-electron chi connectivity index (χ3n) is 3.03. The number of hydrogen-bond donors (Lipinski definition) is 1. The molecule has 0 bridgehead atoms. The van der Waals surface area contributed by atoms with Crippen LogP contribution in [-0.2, 0) is 0 Å². The Hall–Kier alpha value is -1.95. The second-order valence-electron chi connectivity index (χ2n) is 4.18. The molecule has 3 rings (SSSR count). The lowest BCUT2D eigenvalue weighted by Gasteiger charge is -2.03. The van der Waals surface area contributed by atoms with Crippen LogP contribution in [0.25, 0.3) is 11.4 Å². The van der Waals surface area contributed by atoms with Crippen LogP contribution in [0.2, 0.25) is 0 Å². The smallest absolute Gasteiger partial charge is 0.242 e. The van der Waals surface area contributed by atoms with Crippen LogP contribution in [0.4, 0.5) is 0 Å². The van der Waals surface area contributed by atoms with Crippen molar-refractivity contribution in [2.24, 2.45) is 0 Å². The highest BCUT2D eigenvalue weighted by atomic mass is 16.5. The molecule has 1 aliphatic heterocycles. The van der Waals surface area contributed by atoms with Gasteiger partial charge < -0.3 is 14.6 Å². The molecule has 0 saturated carbocycles. The standard InChI is InChI=1S/C12H14N4O2/c1-17-12-11(14-5-6-15-12)9-7-10(18-16-9)8-3-2-4-13-8/h5-8,13H,2-4H2,1H3. The highest BCUT2D eigenvalue weighted by Crippen LogP contribution is 2.29. The molecule has 3 heterocycles. The van der Waals surface area contributed by atoms with Gasteiger partial charge in [-0.25, -0.2) is 9.97 Å². The lowest BCUT2D eigenvalue weighted by Crippen LogP contribution is -2.11. The summed E-state index contributed by atoms with van der Waals surface area (Å²) in [4.78, 5) is 8.33. The van der Waals surface area contributed by atoms with Crippen molar-refractivity contribution < 1.29 is 9.26 Å². The molecule has 1 saturated heterocycles. The van der Waals surface area contributed by atoms with Gasteiger partial charge in [0.05, 0.1) is 13.2 Å². The molecular formula is C12H14N4O2. The zero-order valence-corrected chi connectivity index (χ0v) is 10.1. The minimum absolute atomic E-state index is 0.258. The first kappa shape index (κ1) is 11.2. The SMILES string of the molecule is COc1nccnc1-c1cc(C2CCCN2)on1. The predicted octanol–water partition coefficient (Wildman–Crippen LogP) is 1.56. The van der Waals surface area contributed by atoms with E-state index in [1.165, 1.54) is 0 Å². The van der Waals surface area contributed by atoms with Crippen molar-refractivity contribution in [2.45, 2.75) is 18.9 Å². The Balaban J connectivity index is 1.92. The summed E-state index contributed by atoms with van der Waals surface area (Å²) in [5.41, 5.74) is 1.26. The van der Waals surface area contributed by atoms with Crippen LogP contribution in [0, 0.1) is 0 Å². The predicted molar refractivity (Wildman–Crippen MR) is 64.1 cm³/mol. The number of nitrogens with one attached hydrogen (secondary N) is 1. The van der Waals surface area contributed by atoms with Gasteiger partial charge in [-0.3, -0.25) is 0 Å². The van der Waals surface area contributed by atoms with Crippen molar-refractivity contribution >= 4 is 0 Å². The van der Waals surface area contributed by atoms with Gasteiger partial charge in [-0.2, -0.15) is 0 Å². The summed E-state index contributed by atoms with van der Waals surface area (Å²) in [5.74, 6) is 1.30.